The predicted molar refractivity (Wildman–Crippen MR) is 84.0 cm³/mol. The molecular weight excluding hydrogens is 390 g/mol. The fourth-order valence-corrected chi connectivity index (χ4v) is 3.06. The van der Waals surface area contributed by atoms with Crippen molar-refractivity contribution in [3.05, 3.63) is 50.3 Å². The molecule has 6 heteroatoms. The van der Waals surface area contributed by atoms with E-state index in [1.165, 1.54) is 7.11 Å². The molecule has 2 rings (SSSR count). The van der Waals surface area contributed by atoms with E-state index in [2.05, 4.69) is 37.2 Å². The van der Waals surface area contributed by atoms with Crippen LogP contribution in [0.5, 0.6) is 0 Å². The Morgan fingerprint density at radius 2 is 2.00 bits per heavy atom. The first-order valence-electron chi connectivity index (χ1n) is 5.88. The minimum Gasteiger partial charge on any atom is -0.465 e. The van der Waals surface area contributed by atoms with E-state index >= 15 is 0 Å². The first-order chi connectivity index (χ1) is 9.52. The van der Waals surface area contributed by atoms with Gasteiger partial charge in [-0.05, 0) is 57.0 Å². The zero-order valence-corrected chi connectivity index (χ0v) is 14.2. The van der Waals surface area contributed by atoms with Gasteiger partial charge in [0.05, 0.1) is 19.3 Å². The van der Waals surface area contributed by atoms with Crippen LogP contribution in [0.3, 0.4) is 0 Å². The number of nitrogens with one attached hydrogen (secondary N) is 1. The molecule has 0 saturated carbocycles. The number of carbonyl (C=O) groups is 1. The van der Waals surface area contributed by atoms with Crippen LogP contribution in [0.2, 0.25) is 0 Å². The summed E-state index contributed by atoms with van der Waals surface area (Å²) in [6, 6.07) is 7.52. The highest BCUT2D eigenvalue weighted by atomic mass is 79.9. The standard InChI is InChI=1S/C14H13Br2NO3/c1-8-10(14(18)19-2)6-9(20-8)7-17-13-11(15)4-3-5-12(13)16/h3-6,17H,7H2,1-2H3. The summed E-state index contributed by atoms with van der Waals surface area (Å²) in [6.07, 6.45) is 0. The molecule has 2 aromatic rings. The fraction of sp³-hybridized carbons (Fsp3) is 0.214. The first-order valence-corrected chi connectivity index (χ1v) is 7.47. The average Bonchev–Trinajstić information content (AvgIpc) is 2.78. The van der Waals surface area contributed by atoms with Crippen LogP contribution in [0.25, 0.3) is 0 Å². The van der Waals surface area contributed by atoms with Gasteiger partial charge in [-0.15, -0.1) is 0 Å². The Morgan fingerprint density at radius 3 is 2.60 bits per heavy atom. The lowest BCUT2D eigenvalue weighted by atomic mass is 10.2. The number of carbonyl (C=O) groups excluding carboxylic acids is 1. The second-order valence-corrected chi connectivity index (χ2v) is 5.83. The Kier molecular flexibility index (Phi) is 4.88. The number of esters is 1. The monoisotopic (exact) mass is 401 g/mol. The molecule has 0 radical (unpaired) electrons. The van der Waals surface area contributed by atoms with Gasteiger partial charge in [0.15, 0.2) is 0 Å². The molecule has 0 aliphatic rings. The van der Waals surface area contributed by atoms with Crippen molar-refractivity contribution in [2.45, 2.75) is 13.5 Å². The number of aryl methyl sites for hydroxylation is 1. The van der Waals surface area contributed by atoms with Gasteiger partial charge in [-0.3, -0.25) is 0 Å². The quantitative estimate of drug-likeness (QED) is 0.764. The molecule has 0 saturated heterocycles. The molecule has 0 atom stereocenters. The van der Waals surface area contributed by atoms with E-state index in [0.717, 1.165) is 14.6 Å². The Balaban J connectivity index is 2.14. The number of halogens is 2. The van der Waals surface area contributed by atoms with Crippen molar-refractivity contribution in [1.82, 2.24) is 0 Å². The first kappa shape index (κ1) is 15.1. The van der Waals surface area contributed by atoms with E-state index in [4.69, 9.17) is 9.15 Å². The van der Waals surface area contributed by atoms with Gasteiger partial charge in [0.1, 0.15) is 17.1 Å². The molecule has 0 unspecified atom stereocenters. The molecule has 106 valence electrons. The largest absolute Gasteiger partial charge is 0.465 e. The highest BCUT2D eigenvalue weighted by Crippen LogP contribution is 2.31. The van der Waals surface area contributed by atoms with Crippen LogP contribution < -0.4 is 5.32 Å². The molecule has 1 heterocycles. The number of hydrogen-bond acceptors (Lipinski definition) is 4. The molecule has 1 aromatic heterocycles. The number of para-hydroxylation sites is 1. The average molecular weight is 403 g/mol. The molecule has 0 aliphatic carbocycles. The van der Waals surface area contributed by atoms with E-state index in [1.54, 1.807) is 13.0 Å². The van der Waals surface area contributed by atoms with Crippen molar-refractivity contribution in [3.8, 4) is 0 Å². The molecule has 20 heavy (non-hydrogen) atoms. The van der Waals surface area contributed by atoms with Crippen LogP contribution >= 0.6 is 31.9 Å². The number of benzene rings is 1. The fourth-order valence-electron chi connectivity index (χ4n) is 1.79. The molecule has 1 aromatic carbocycles. The third-order valence-corrected chi connectivity index (χ3v) is 4.10. The van der Waals surface area contributed by atoms with Crippen molar-refractivity contribution in [2.24, 2.45) is 0 Å². The third kappa shape index (κ3) is 3.24. The van der Waals surface area contributed by atoms with Crippen molar-refractivity contribution < 1.29 is 13.9 Å². The second kappa shape index (κ2) is 6.45. The number of methoxy groups -OCH3 is 1. The van der Waals surface area contributed by atoms with Crippen LogP contribution in [0.15, 0.2) is 37.6 Å². The van der Waals surface area contributed by atoms with Crippen molar-refractivity contribution in [3.63, 3.8) is 0 Å². The van der Waals surface area contributed by atoms with Gasteiger partial charge < -0.3 is 14.5 Å². The summed E-state index contributed by atoms with van der Waals surface area (Å²) in [5.74, 6) is 0.838. The summed E-state index contributed by atoms with van der Waals surface area (Å²) < 4.78 is 12.1. The Morgan fingerprint density at radius 1 is 1.35 bits per heavy atom. The van der Waals surface area contributed by atoms with Crippen LogP contribution in [0.4, 0.5) is 5.69 Å². The van der Waals surface area contributed by atoms with E-state index in [-0.39, 0.29) is 5.97 Å². The molecule has 4 nitrogen and oxygen atoms in total. The lowest BCUT2D eigenvalue weighted by Crippen LogP contribution is -2.01. The van der Waals surface area contributed by atoms with Gasteiger partial charge in [0.2, 0.25) is 0 Å². The number of anilines is 1. The van der Waals surface area contributed by atoms with Gasteiger partial charge in [0, 0.05) is 8.95 Å². The Bertz CT molecular complexity index is 617. The molecule has 0 aliphatic heterocycles. The Labute approximate surface area is 133 Å². The van der Waals surface area contributed by atoms with E-state index < -0.39 is 0 Å². The zero-order valence-electron chi connectivity index (χ0n) is 11.0. The summed E-state index contributed by atoms with van der Waals surface area (Å²) in [7, 11) is 1.35. The van der Waals surface area contributed by atoms with Crippen LogP contribution in [0, 0.1) is 6.92 Å². The number of rotatable bonds is 4. The van der Waals surface area contributed by atoms with E-state index in [1.807, 2.05) is 18.2 Å². The predicted octanol–water partition coefficient (Wildman–Crippen LogP) is 4.51. The van der Waals surface area contributed by atoms with E-state index in [0.29, 0.717) is 23.6 Å². The van der Waals surface area contributed by atoms with Gasteiger partial charge >= 0.3 is 5.97 Å². The maximum absolute atomic E-state index is 11.5. The second-order valence-electron chi connectivity index (χ2n) is 4.12. The number of furan rings is 1. The molecule has 0 spiro atoms. The van der Waals surface area contributed by atoms with Crippen LogP contribution in [-0.2, 0) is 11.3 Å². The summed E-state index contributed by atoms with van der Waals surface area (Å²) in [5, 5.41) is 3.26. The van der Waals surface area contributed by atoms with Gasteiger partial charge in [-0.25, -0.2) is 4.79 Å². The minimum absolute atomic E-state index is 0.389. The lowest BCUT2D eigenvalue weighted by molar-refractivity contribution is 0.0599. The summed E-state index contributed by atoms with van der Waals surface area (Å²) in [4.78, 5) is 11.5. The normalized spacial score (nSPS) is 10.4. The summed E-state index contributed by atoms with van der Waals surface area (Å²) in [6.45, 7) is 2.21. The third-order valence-electron chi connectivity index (χ3n) is 2.78. The number of ether oxygens (including phenoxy) is 1. The van der Waals surface area contributed by atoms with Crippen molar-refractivity contribution >= 4 is 43.5 Å². The molecule has 0 bridgehead atoms. The highest BCUT2D eigenvalue weighted by Gasteiger charge is 2.15. The highest BCUT2D eigenvalue weighted by molar-refractivity contribution is 9.11. The summed E-state index contributed by atoms with van der Waals surface area (Å²) >= 11 is 6.96. The van der Waals surface area contributed by atoms with E-state index in [9.17, 15) is 4.79 Å². The molecule has 1 N–H and O–H groups in total. The molecular formula is C14H13Br2NO3. The zero-order chi connectivity index (χ0) is 14.7. The minimum atomic E-state index is -0.389. The SMILES string of the molecule is COC(=O)c1cc(CNc2c(Br)cccc2Br)oc1C. The van der Waals surface area contributed by atoms with Gasteiger partial charge in [-0.2, -0.15) is 0 Å². The lowest BCUT2D eigenvalue weighted by Gasteiger charge is -2.09. The van der Waals surface area contributed by atoms with Crippen molar-refractivity contribution in [1.29, 1.82) is 0 Å². The number of hydrogen-bond donors (Lipinski definition) is 1. The van der Waals surface area contributed by atoms with Crippen LogP contribution in [0.1, 0.15) is 21.9 Å². The maximum Gasteiger partial charge on any atom is 0.341 e. The molecule has 0 amide bonds. The van der Waals surface area contributed by atoms with Gasteiger partial charge in [0.25, 0.3) is 0 Å². The maximum atomic E-state index is 11.5. The smallest absolute Gasteiger partial charge is 0.341 e. The van der Waals surface area contributed by atoms with Crippen LogP contribution in [-0.4, -0.2) is 13.1 Å². The topological polar surface area (TPSA) is 51.5 Å². The van der Waals surface area contributed by atoms with Gasteiger partial charge in [-0.1, -0.05) is 6.07 Å². The molecule has 0 fully saturated rings. The Hall–Kier alpha value is -1.27. The van der Waals surface area contributed by atoms with Crippen molar-refractivity contribution in [2.75, 3.05) is 12.4 Å². The summed E-state index contributed by atoms with van der Waals surface area (Å²) in [5.41, 5.74) is 1.39.